The summed E-state index contributed by atoms with van der Waals surface area (Å²) in [5, 5.41) is 7.00. The summed E-state index contributed by atoms with van der Waals surface area (Å²) in [5.74, 6) is 1.45. The summed E-state index contributed by atoms with van der Waals surface area (Å²) in [6.07, 6.45) is 5.26. The van der Waals surface area contributed by atoms with Gasteiger partial charge in [0.15, 0.2) is 0 Å². The lowest BCUT2D eigenvalue weighted by molar-refractivity contribution is 0.0946. The maximum atomic E-state index is 12.0. The predicted molar refractivity (Wildman–Crippen MR) is 98.1 cm³/mol. The van der Waals surface area contributed by atoms with Crippen LogP contribution in [0.25, 0.3) is 11.3 Å². The Labute approximate surface area is 156 Å². The molecule has 138 valence electrons. The molecule has 0 atom stereocenters. The minimum atomic E-state index is -0.206. The monoisotopic (exact) mass is 364 g/mol. The molecular formula is C20H20N4O3. The average molecular weight is 364 g/mol. The molecule has 0 aliphatic heterocycles. The zero-order valence-corrected chi connectivity index (χ0v) is 15.0. The van der Waals surface area contributed by atoms with Crippen molar-refractivity contribution in [1.29, 1.82) is 0 Å². The number of hydrogen-bond donors (Lipinski definition) is 1. The van der Waals surface area contributed by atoms with Gasteiger partial charge >= 0.3 is 0 Å². The second kappa shape index (κ2) is 7.57. The molecule has 1 fully saturated rings. The maximum absolute atomic E-state index is 12.0. The summed E-state index contributed by atoms with van der Waals surface area (Å²) in [7, 11) is 0. The molecule has 1 amide bonds. The molecule has 1 aromatic carbocycles. The Morgan fingerprint density at radius 2 is 2.04 bits per heavy atom. The number of amides is 1. The minimum Gasteiger partial charge on any atom is -0.471 e. The summed E-state index contributed by atoms with van der Waals surface area (Å²) in [4.78, 5) is 20.3. The molecule has 27 heavy (non-hydrogen) atoms. The van der Waals surface area contributed by atoms with Gasteiger partial charge in [0.1, 0.15) is 23.8 Å². The lowest BCUT2D eigenvalue weighted by Crippen LogP contribution is -2.26. The van der Waals surface area contributed by atoms with Gasteiger partial charge < -0.3 is 14.6 Å². The quantitative estimate of drug-likeness (QED) is 0.693. The third-order valence-electron chi connectivity index (χ3n) is 4.51. The first-order chi connectivity index (χ1) is 13.2. The van der Waals surface area contributed by atoms with E-state index in [2.05, 4.69) is 20.4 Å². The van der Waals surface area contributed by atoms with E-state index < -0.39 is 0 Å². The van der Waals surface area contributed by atoms with Crippen LogP contribution < -0.4 is 10.1 Å². The smallest absolute Gasteiger partial charge is 0.271 e. The van der Waals surface area contributed by atoms with Gasteiger partial charge in [-0.1, -0.05) is 35.5 Å². The van der Waals surface area contributed by atoms with Crippen molar-refractivity contribution >= 4 is 5.91 Å². The highest BCUT2D eigenvalue weighted by Gasteiger charge is 2.22. The van der Waals surface area contributed by atoms with E-state index in [0.717, 1.165) is 16.8 Å². The third-order valence-corrected chi connectivity index (χ3v) is 4.51. The summed E-state index contributed by atoms with van der Waals surface area (Å²) >= 11 is 0. The predicted octanol–water partition coefficient (Wildman–Crippen LogP) is 3.16. The zero-order chi connectivity index (χ0) is 18.6. The van der Waals surface area contributed by atoms with Crippen molar-refractivity contribution in [3.8, 4) is 17.1 Å². The van der Waals surface area contributed by atoms with Crippen LogP contribution in [0.4, 0.5) is 0 Å². The Bertz CT molecular complexity index is 918. The molecule has 3 aromatic rings. The van der Waals surface area contributed by atoms with Crippen molar-refractivity contribution < 1.29 is 14.1 Å². The Kier molecular flexibility index (Phi) is 4.82. The molecule has 2 aromatic heterocycles. The SMILES string of the molecule is Cc1onc(-c2ccccc2)c1COc1cnc(C(=O)NCC2CC2)cn1. The number of carbonyl (C=O) groups is 1. The Balaban J connectivity index is 1.40. The molecule has 1 aliphatic rings. The molecule has 4 rings (SSSR count). The molecule has 0 unspecified atom stereocenters. The molecule has 1 N–H and O–H groups in total. The van der Waals surface area contributed by atoms with Gasteiger partial charge in [-0.25, -0.2) is 9.97 Å². The van der Waals surface area contributed by atoms with Crippen molar-refractivity contribution in [2.24, 2.45) is 5.92 Å². The van der Waals surface area contributed by atoms with Crippen LogP contribution in [0.1, 0.15) is 34.7 Å². The van der Waals surface area contributed by atoms with Crippen molar-refractivity contribution in [2.45, 2.75) is 26.4 Å². The molecular weight excluding hydrogens is 344 g/mol. The summed E-state index contributed by atoms with van der Waals surface area (Å²) in [5.41, 5.74) is 2.85. The van der Waals surface area contributed by atoms with E-state index >= 15 is 0 Å². The van der Waals surface area contributed by atoms with E-state index in [1.165, 1.54) is 25.2 Å². The van der Waals surface area contributed by atoms with Gasteiger partial charge in [-0.05, 0) is 25.7 Å². The Hall–Kier alpha value is -3.22. The molecule has 0 saturated heterocycles. The first-order valence-corrected chi connectivity index (χ1v) is 8.94. The van der Waals surface area contributed by atoms with Crippen LogP contribution in [0.15, 0.2) is 47.2 Å². The molecule has 1 aliphatic carbocycles. The lowest BCUT2D eigenvalue weighted by Gasteiger charge is -2.07. The zero-order valence-electron chi connectivity index (χ0n) is 15.0. The lowest BCUT2D eigenvalue weighted by atomic mass is 10.1. The Morgan fingerprint density at radius 3 is 2.74 bits per heavy atom. The van der Waals surface area contributed by atoms with Crippen LogP contribution >= 0.6 is 0 Å². The van der Waals surface area contributed by atoms with Gasteiger partial charge in [0.2, 0.25) is 5.88 Å². The summed E-state index contributed by atoms with van der Waals surface area (Å²) < 4.78 is 11.1. The van der Waals surface area contributed by atoms with Gasteiger partial charge in [0.25, 0.3) is 5.91 Å². The molecule has 0 spiro atoms. The number of nitrogens with one attached hydrogen (secondary N) is 1. The fourth-order valence-electron chi connectivity index (χ4n) is 2.69. The maximum Gasteiger partial charge on any atom is 0.271 e. The molecule has 0 bridgehead atoms. The van der Waals surface area contributed by atoms with Gasteiger partial charge in [-0.2, -0.15) is 0 Å². The number of benzene rings is 1. The number of aromatic nitrogens is 3. The van der Waals surface area contributed by atoms with Crippen LogP contribution in [0.3, 0.4) is 0 Å². The van der Waals surface area contributed by atoms with Crippen molar-refractivity contribution in [3.05, 3.63) is 59.7 Å². The van der Waals surface area contributed by atoms with Gasteiger partial charge in [0.05, 0.1) is 18.0 Å². The largest absolute Gasteiger partial charge is 0.471 e. The number of nitrogens with zero attached hydrogens (tertiary/aromatic N) is 3. The number of carbonyl (C=O) groups excluding carboxylic acids is 1. The highest BCUT2D eigenvalue weighted by molar-refractivity contribution is 5.91. The van der Waals surface area contributed by atoms with Crippen LogP contribution in [-0.2, 0) is 6.61 Å². The van der Waals surface area contributed by atoms with Crippen molar-refractivity contribution in [1.82, 2.24) is 20.4 Å². The van der Waals surface area contributed by atoms with Gasteiger partial charge in [0, 0.05) is 12.1 Å². The van der Waals surface area contributed by atoms with Crippen LogP contribution in [0.5, 0.6) is 5.88 Å². The molecule has 7 nitrogen and oxygen atoms in total. The van der Waals surface area contributed by atoms with E-state index in [1.807, 2.05) is 37.3 Å². The van der Waals surface area contributed by atoms with Crippen molar-refractivity contribution in [2.75, 3.05) is 6.54 Å². The second-order valence-corrected chi connectivity index (χ2v) is 6.61. The summed E-state index contributed by atoms with van der Waals surface area (Å²) in [6.45, 7) is 2.80. The number of aryl methyl sites for hydroxylation is 1. The molecule has 2 heterocycles. The van der Waals surface area contributed by atoms with E-state index in [4.69, 9.17) is 9.26 Å². The van der Waals surface area contributed by atoms with Gasteiger partial charge in [-0.15, -0.1) is 0 Å². The first-order valence-electron chi connectivity index (χ1n) is 8.94. The van der Waals surface area contributed by atoms with Crippen molar-refractivity contribution in [3.63, 3.8) is 0 Å². The summed E-state index contributed by atoms with van der Waals surface area (Å²) in [6, 6.07) is 9.78. The fraction of sp³-hybridized carbons (Fsp3) is 0.300. The molecule has 1 saturated carbocycles. The fourth-order valence-corrected chi connectivity index (χ4v) is 2.69. The standard InChI is InChI=1S/C20H20N4O3/c1-13-16(19(24-27-13)15-5-3-2-4-6-15)12-26-18-11-21-17(10-22-18)20(25)23-9-14-7-8-14/h2-6,10-11,14H,7-9,12H2,1H3,(H,23,25). The van der Waals surface area contributed by atoms with E-state index in [9.17, 15) is 4.79 Å². The molecule has 0 radical (unpaired) electrons. The first kappa shape index (κ1) is 17.2. The highest BCUT2D eigenvalue weighted by Crippen LogP contribution is 2.28. The van der Waals surface area contributed by atoms with Crippen LogP contribution in [-0.4, -0.2) is 27.6 Å². The van der Waals surface area contributed by atoms with Crippen LogP contribution in [0, 0.1) is 12.8 Å². The van der Waals surface area contributed by atoms with Crippen LogP contribution in [0.2, 0.25) is 0 Å². The second-order valence-electron chi connectivity index (χ2n) is 6.61. The van der Waals surface area contributed by atoms with E-state index in [1.54, 1.807) is 0 Å². The van der Waals surface area contributed by atoms with E-state index in [-0.39, 0.29) is 18.2 Å². The highest BCUT2D eigenvalue weighted by atomic mass is 16.5. The number of ether oxygens (including phenoxy) is 1. The topological polar surface area (TPSA) is 90.1 Å². The molecule has 7 heteroatoms. The number of rotatable bonds is 7. The third kappa shape index (κ3) is 4.13. The normalized spacial score (nSPS) is 13.4. The minimum absolute atomic E-state index is 0.206. The Morgan fingerprint density at radius 1 is 1.22 bits per heavy atom. The van der Waals surface area contributed by atoms with Gasteiger partial charge in [-0.3, -0.25) is 4.79 Å². The van der Waals surface area contributed by atoms with E-state index in [0.29, 0.717) is 24.1 Å². The average Bonchev–Trinajstić information content (AvgIpc) is 3.47. The number of hydrogen-bond acceptors (Lipinski definition) is 6.